The number of nitrogens with zero attached hydrogens (tertiary/aromatic N) is 2. The van der Waals surface area contributed by atoms with Crippen molar-refractivity contribution in [2.75, 3.05) is 0 Å². The third-order valence-corrected chi connectivity index (χ3v) is 3.98. The van der Waals surface area contributed by atoms with Crippen molar-refractivity contribution in [3.63, 3.8) is 0 Å². The van der Waals surface area contributed by atoms with Gasteiger partial charge in [0.15, 0.2) is 0 Å². The highest BCUT2D eigenvalue weighted by molar-refractivity contribution is 9.10. The van der Waals surface area contributed by atoms with Crippen LogP contribution in [0.3, 0.4) is 0 Å². The first-order valence-electron chi connectivity index (χ1n) is 7.15. The molecule has 108 valence electrons. The van der Waals surface area contributed by atoms with Gasteiger partial charge in [-0.15, -0.1) is 0 Å². The summed E-state index contributed by atoms with van der Waals surface area (Å²) < 4.78 is 2.80. The van der Waals surface area contributed by atoms with Gasteiger partial charge in [-0.05, 0) is 47.2 Å². The summed E-state index contributed by atoms with van der Waals surface area (Å²) in [4.78, 5) is 0. The van der Waals surface area contributed by atoms with Gasteiger partial charge in [0.2, 0.25) is 0 Å². The average Bonchev–Trinajstić information content (AvgIpc) is 2.81. The highest BCUT2D eigenvalue weighted by Gasteiger charge is 2.17. The molecule has 0 aliphatic carbocycles. The number of aliphatic hydroxyl groups excluding tert-OH is 1. The molecule has 0 saturated heterocycles. The Morgan fingerprint density at radius 2 is 2.05 bits per heavy atom. The van der Waals surface area contributed by atoms with E-state index in [-0.39, 0.29) is 0 Å². The molecule has 0 saturated carbocycles. The number of aromatic nitrogens is 2. The normalized spacial score (nSPS) is 12.6. The molecular formula is C16H21BrN2O. The van der Waals surface area contributed by atoms with E-state index >= 15 is 0 Å². The molecule has 20 heavy (non-hydrogen) atoms. The van der Waals surface area contributed by atoms with Crippen molar-refractivity contribution in [2.45, 2.75) is 45.3 Å². The number of aryl methyl sites for hydroxylation is 2. The summed E-state index contributed by atoms with van der Waals surface area (Å²) in [5.41, 5.74) is 2.22. The van der Waals surface area contributed by atoms with Crippen molar-refractivity contribution in [1.29, 1.82) is 0 Å². The second-order valence-corrected chi connectivity index (χ2v) is 5.85. The van der Waals surface area contributed by atoms with Crippen LogP contribution < -0.4 is 0 Å². The SMILES string of the molecule is CCCn1ncc(Br)c1C(O)CCCc1ccccc1. The van der Waals surface area contributed by atoms with Gasteiger partial charge in [-0.2, -0.15) is 5.10 Å². The molecule has 1 N–H and O–H groups in total. The second-order valence-electron chi connectivity index (χ2n) is 4.99. The Kier molecular flexibility index (Phi) is 5.80. The van der Waals surface area contributed by atoms with Crippen LogP contribution in [-0.4, -0.2) is 14.9 Å². The maximum atomic E-state index is 10.4. The van der Waals surface area contributed by atoms with E-state index in [1.54, 1.807) is 6.20 Å². The first-order chi connectivity index (χ1) is 9.72. The lowest BCUT2D eigenvalue weighted by Gasteiger charge is -2.14. The molecule has 1 unspecified atom stereocenters. The quantitative estimate of drug-likeness (QED) is 0.826. The zero-order valence-electron chi connectivity index (χ0n) is 11.8. The van der Waals surface area contributed by atoms with Gasteiger partial charge in [0.05, 0.1) is 22.5 Å². The van der Waals surface area contributed by atoms with Gasteiger partial charge in [-0.25, -0.2) is 0 Å². The van der Waals surface area contributed by atoms with E-state index in [0.29, 0.717) is 0 Å². The Balaban J connectivity index is 1.91. The van der Waals surface area contributed by atoms with E-state index in [1.807, 2.05) is 10.7 Å². The van der Waals surface area contributed by atoms with E-state index < -0.39 is 6.10 Å². The third kappa shape index (κ3) is 3.93. The number of hydrogen-bond acceptors (Lipinski definition) is 2. The van der Waals surface area contributed by atoms with Crippen LogP contribution in [0.1, 0.15) is 43.5 Å². The molecule has 0 aliphatic rings. The van der Waals surface area contributed by atoms with Crippen molar-refractivity contribution in [2.24, 2.45) is 0 Å². The fourth-order valence-electron chi connectivity index (χ4n) is 2.37. The van der Waals surface area contributed by atoms with Gasteiger partial charge in [0.1, 0.15) is 0 Å². The number of hydrogen-bond donors (Lipinski definition) is 1. The van der Waals surface area contributed by atoms with Crippen LogP contribution in [0, 0.1) is 0 Å². The number of halogens is 1. The standard InChI is InChI=1S/C16H21BrN2O/c1-2-11-19-16(14(17)12-18-19)15(20)10-6-9-13-7-4-3-5-8-13/h3-5,7-8,12,15,20H,2,6,9-11H2,1H3. The maximum absolute atomic E-state index is 10.4. The molecule has 0 aliphatic heterocycles. The van der Waals surface area contributed by atoms with Crippen molar-refractivity contribution >= 4 is 15.9 Å². The summed E-state index contributed by atoms with van der Waals surface area (Å²) in [5, 5.41) is 14.7. The summed E-state index contributed by atoms with van der Waals surface area (Å²) in [5.74, 6) is 0. The molecule has 1 aromatic carbocycles. The van der Waals surface area contributed by atoms with Crippen molar-refractivity contribution in [3.8, 4) is 0 Å². The van der Waals surface area contributed by atoms with Crippen LogP contribution in [0.5, 0.6) is 0 Å². The minimum atomic E-state index is -0.456. The molecule has 0 spiro atoms. The molecule has 0 amide bonds. The zero-order valence-corrected chi connectivity index (χ0v) is 13.4. The van der Waals surface area contributed by atoms with Crippen LogP contribution in [0.4, 0.5) is 0 Å². The van der Waals surface area contributed by atoms with E-state index in [4.69, 9.17) is 0 Å². The monoisotopic (exact) mass is 336 g/mol. The summed E-state index contributed by atoms with van der Waals surface area (Å²) in [6.07, 6.45) is 5.04. The van der Waals surface area contributed by atoms with E-state index in [2.05, 4.69) is 52.2 Å². The fraction of sp³-hybridized carbons (Fsp3) is 0.438. The molecule has 3 nitrogen and oxygen atoms in total. The van der Waals surface area contributed by atoms with E-state index in [9.17, 15) is 5.11 Å². The molecule has 0 fully saturated rings. The Morgan fingerprint density at radius 3 is 2.75 bits per heavy atom. The Morgan fingerprint density at radius 1 is 1.30 bits per heavy atom. The minimum absolute atomic E-state index is 0.456. The maximum Gasteiger partial charge on any atom is 0.0968 e. The number of rotatable bonds is 7. The second kappa shape index (κ2) is 7.60. The predicted molar refractivity (Wildman–Crippen MR) is 84.6 cm³/mol. The van der Waals surface area contributed by atoms with Crippen molar-refractivity contribution in [3.05, 3.63) is 52.3 Å². The Labute approximate surface area is 128 Å². The molecule has 1 aromatic heterocycles. The van der Waals surface area contributed by atoms with Crippen LogP contribution in [0.2, 0.25) is 0 Å². The number of aliphatic hydroxyl groups is 1. The van der Waals surface area contributed by atoms with Gasteiger partial charge in [-0.1, -0.05) is 37.3 Å². The highest BCUT2D eigenvalue weighted by atomic mass is 79.9. The lowest BCUT2D eigenvalue weighted by Crippen LogP contribution is -2.10. The van der Waals surface area contributed by atoms with Gasteiger partial charge >= 0.3 is 0 Å². The first-order valence-corrected chi connectivity index (χ1v) is 7.95. The first kappa shape index (κ1) is 15.3. The highest BCUT2D eigenvalue weighted by Crippen LogP contribution is 2.27. The minimum Gasteiger partial charge on any atom is -0.387 e. The molecule has 2 aromatic rings. The molecule has 0 bridgehead atoms. The van der Waals surface area contributed by atoms with Crippen LogP contribution in [0.25, 0.3) is 0 Å². The summed E-state index contributed by atoms with van der Waals surface area (Å²) in [7, 11) is 0. The topological polar surface area (TPSA) is 38.0 Å². The predicted octanol–water partition coefficient (Wildman–Crippen LogP) is 4.11. The fourth-order valence-corrected chi connectivity index (χ4v) is 2.93. The van der Waals surface area contributed by atoms with Gasteiger partial charge < -0.3 is 5.11 Å². The van der Waals surface area contributed by atoms with Crippen LogP contribution in [-0.2, 0) is 13.0 Å². The van der Waals surface area contributed by atoms with Gasteiger partial charge in [0.25, 0.3) is 0 Å². The third-order valence-electron chi connectivity index (χ3n) is 3.37. The average molecular weight is 337 g/mol. The van der Waals surface area contributed by atoms with Gasteiger partial charge in [0, 0.05) is 6.54 Å². The summed E-state index contributed by atoms with van der Waals surface area (Å²) in [6.45, 7) is 2.96. The largest absolute Gasteiger partial charge is 0.387 e. The van der Waals surface area contributed by atoms with Gasteiger partial charge in [-0.3, -0.25) is 4.68 Å². The summed E-state index contributed by atoms with van der Waals surface area (Å²) >= 11 is 3.48. The molecule has 4 heteroatoms. The number of benzene rings is 1. The smallest absolute Gasteiger partial charge is 0.0968 e. The molecule has 2 rings (SSSR count). The van der Waals surface area contributed by atoms with Crippen molar-refractivity contribution in [1.82, 2.24) is 9.78 Å². The molecule has 0 radical (unpaired) electrons. The lowest BCUT2D eigenvalue weighted by atomic mass is 10.0. The Hall–Kier alpha value is -1.13. The zero-order chi connectivity index (χ0) is 14.4. The molecular weight excluding hydrogens is 316 g/mol. The molecule has 1 heterocycles. The van der Waals surface area contributed by atoms with Crippen molar-refractivity contribution < 1.29 is 5.11 Å². The van der Waals surface area contributed by atoms with Crippen LogP contribution in [0.15, 0.2) is 41.0 Å². The Bertz CT molecular complexity index is 525. The van der Waals surface area contributed by atoms with E-state index in [1.165, 1.54) is 5.56 Å². The summed E-state index contributed by atoms with van der Waals surface area (Å²) in [6, 6.07) is 10.4. The van der Waals surface area contributed by atoms with E-state index in [0.717, 1.165) is 42.4 Å². The molecule has 1 atom stereocenters. The van der Waals surface area contributed by atoms with Crippen LogP contribution >= 0.6 is 15.9 Å². The lowest BCUT2D eigenvalue weighted by molar-refractivity contribution is 0.152.